The van der Waals surface area contributed by atoms with Gasteiger partial charge in [0, 0.05) is 19.5 Å². The number of amides is 1. The number of hydrogen-bond acceptors (Lipinski definition) is 4. The maximum atomic E-state index is 12.4. The maximum absolute atomic E-state index is 12.4. The van der Waals surface area contributed by atoms with Crippen molar-refractivity contribution < 1.29 is 14.3 Å². The molecule has 1 fully saturated rings. The molecule has 0 unspecified atom stereocenters. The second-order valence-corrected chi connectivity index (χ2v) is 5.56. The Bertz CT molecular complexity index is 310. The van der Waals surface area contributed by atoms with Gasteiger partial charge in [0.15, 0.2) is 0 Å². The van der Waals surface area contributed by atoms with Crippen molar-refractivity contribution in [3.8, 4) is 0 Å². The second-order valence-electron chi connectivity index (χ2n) is 5.56. The van der Waals surface area contributed by atoms with Gasteiger partial charge in [0.1, 0.15) is 0 Å². The number of hydrogen-bond donors (Lipinski definition) is 2. The number of ether oxygens (including phenoxy) is 1. The van der Waals surface area contributed by atoms with Gasteiger partial charge in [0.25, 0.3) is 0 Å². The molecule has 1 aliphatic rings. The summed E-state index contributed by atoms with van der Waals surface area (Å²) in [6.07, 6.45) is 7.27. The van der Waals surface area contributed by atoms with E-state index in [1.54, 1.807) is 6.92 Å². The molecule has 1 aliphatic carbocycles. The summed E-state index contributed by atoms with van der Waals surface area (Å²) >= 11 is 0. The van der Waals surface area contributed by atoms with Crippen LogP contribution in [-0.4, -0.2) is 31.6 Å². The number of nitrogens with two attached hydrogens (primary N) is 1. The van der Waals surface area contributed by atoms with Gasteiger partial charge in [-0.15, -0.1) is 0 Å². The van der Waals surface area contributed by atoms with Crippen molar-refractivity contribution in [1.82, 2.24) is 5.32 Å². The zero-order chi connectivity index (χ0) is 14.8. The predicted molar refractivity (Wildman–Crippen MR) is 78.1 cm³/mol. The summed E-state index contributed by atoms with van der Waals surface area (Å²) in [6, 6.07) is 0. The van der Waals surface area contributed by atoms with E-state index >= 15 is 0 Å². The molecule has 3 N–H and O–H groups in total. The molecule has 5 nitrogen and oxygen atoms in total. The van der Waals surface area contributed by atoms with Crippen molar-refractivity contribution in [3.63, 3.8) is 0 Å². The van der Waals surface area contributed by atoms with Crippen molar-refractivity contribution in [2.75, 3.05) is 19.7 Å². The highest BCUT2D eigenvalue weighted by molar-refractivity contribution is 5.83. The number of carbonyl (C=O) groups excluding carboxylic acids is 2. The van der Waals surface area contributed by atoms with Crippen LogP contribution >= 0.6 is 0 Å². The third-order valence-electron chi connectivity index (χ3n) is 4.08. The van der Waals surface area contributed by atoms with E-state index in [1.165, 1.54) is 12.8 Å². The molecule has 0 heterocycles. The summed E-state index contributed by atoms with van der Waals surface area (Å²) in [4.78, 5) is 23.6. The monoisotopic (exact) mass is 284 g/mol. The van der Waals surface area contributed by atoms with Crippen molar-refractivity contribution >= 4 is 11.9 Å². The molecule has 0 saturated heterocycles. The third kappa shape index (κ3) is 5.12. The average molecular weight is 284 g/mol. The molecular weight excluding hydrogens is 256 g/mol. The molecule has 20 heavy (non-hydrogen) atoms. The fourth-order valence-corrected chi connectivity index (χ4v) is 2.78. The van der Waals surface area contributed by atoms with E-state index in [-0.39, 0.29) is 17.3 Å². The van der Waals surface area contributed by atoms with E-state index in [4.69, 9.17) is 10.5 Å². The Labute approximate surface area is 121 Å². The standard InChI is InChI=1S/C15H28N2O3/c1-2-20-13(18)8-7-11-17-14(19)15(12-16)9-5-3-4-6-10-15/h2-12,16H2,1H3,(H,17,19). The van der Waals surface area contributed by atoms with Gasteiger partial charge in [0.2, 0.25) is 5.91 Å². The predicted octanol–water partition coefficient (Wildman–Crippen LogP) is 1.75. The topological polar surface area (TPSA) is 81.4 Å². The minimum Gasteiger partial charge on any atom is -0.466 e. The van der Waals surface area contributed by atoms with Crippen molar-refractivity contribution in [2.24, 2.45) is 11.1 Å². The highest BCUT2D eigenvalue weighted by Crippen LogP contribution is 2.34. The SMILES string of the molecule is CCOC(=O)CCCNC(=O)C1(CN)CCCCCC1. The lowest BCUT2D eigenvalue weighted by molar-refractivity contribution is -0.143. The highest BCUT2D eigenvalue weighted by atomic mass is 16.5. The van der Waals surface area contributed by atoms with Crippen LogP contribution in [0.25, 0.3) is 0 Å². The van der Waals surface area contributed by atoms with Crippen LogP contribution in [0.3, 0.4) is 0 Å². The number of rotatable bonds is 7. The highest BCUT2D eigenvalue weighted by Gasteiger charge is 2.36. The summed E-state index contributed by atoms with van der Waals surface area (Å²) < 4.78 is 4.85. The molecule has 1 amide bonds. The number of carbonyl (C=O) groups is 2. The first kappa shape index (κ1) is 17.0. The first-order valence-corrected chi connectivity index (χ1v) is 7.78. The Balaban J connectivity index is 2.34. The Morgan fingerprint density at radius 3 is 2.40 bits per heavy atom. The minimum absolute atomic E-state index is 0.0609. The van der Waals surface area contributed by atoms with E-state index in [9.17, 15) is 9.59 Å². The van der Waals surface area contributed by atoms with E-state index < -0.39 is 0 Å². The van der Waals surface area contributed by atoms with Crippen LogP contribution in [0.1, 0.15) is 58.3 Å². The first-order valence-electron chi connectivity index (χ1n) is 7.78. The van der Waals surface area contributed by atoms with Crippen molar-refractivity contribution in [2.45, 2.75) is 58.3 Å². The van der Waals surface area contributed by atoms with Crippen molar-refractivity contribution in [1.29, 1.82) is 0 Å². The maximum Gasteiger partial charge on any atom is 0.305 e. The molecule has 116 valence electrons. The fourth-order valence-electron chi connectivity index (χ4n) is 2.78. The summed E-state index contributed by atoms with van der Waals surface area (Å²) in [7, 11) is 0. The smallest absolute Gasteiger partial charge is 0.305 e. The molecule has 5 heteroatoms. The average Bonchev–Trinajstić information content (AvgIpc) is 2.70. The lowest BCUT2D eigenvalue weighted by atomic mass is 9.79. The summed E-state index contributed by atoms with van der Waals surface area (Å²) in [5.74, 6) is -0.143. The molecule has 0 spiro atoms. The van der Waals surface area contributed by atoms with E-state index in [0.717, 1.165) is 25.7 Å². The first-order chi connectivity index (χ1) is 9.64. The lowest BCUT2D eigenvalue weighted by Crippen LogP contribution is -2.46. The molecule has 0 atom stereocenters. The van der Waals surface area contributed by atoms with Gasteiger partial charge in [0.05, 0.1) is 12.0 Å². The molecule has 1 rings (SSSR count). The minimum atomic E-state index is -0.388. The number of nitrogens with one attached hydrogen (secondary N) is 1. The summed E-state index contributed by atoms with van der Waals surface area (Å²) in [6.45, 7) is 3.12. The van der Waals surface area contributed by atoms with Gasteiger partial charge in [-0.05, 0) is 26.2 Å². The molecular formula is C15H28N2O3. The van der Waals surface area contributed by atoms with Gasteiger partial charge < -0.3 is 15.8 Å². The summed E-state index contributed by atoms with van der Waals surface area (Å²) in [5.41, 5.74) is 5.48. The van der Waals surface area contributed by atoms with Gasteiger partial charge in [-0.2, -0.15) is 0 Å². The van der Waals surface area contributed by atoms with Crippen LogP contribution in [-0.2, 0) is 14.3 Å². The molecule has 0 aromatic carbocycles. The van der Waals surface area contributed by atoms with Gasteiger partial charge in [-0.1, -0.05) is 25.7 Å². The Hall–Kier alpha value is -1.10. The normalized spacial score (nSPS) is 18.1. The second kappa shape index (κ2) is 8.95. The van der Waals surface area contributed by atoms with E-state index in [0.29, 0.717) is 32.5 Å². The van der Waals surface area contributed by atoms with Gasteiger partial charge >= 0.3 is 5.97 Å². The zero-order valence-electron chi connectivity index (χ0n) is 12.6. The van der Waals surface area contributed by atoms with Crippen LogP contribution < -0.4 is 11.1 Å². The zero-order valence-corrected chi connectivity index (χ0v) is 12.6. The van der Waals surface area contributed by atoms with Crippen LogP contribution in [0, 0.1) is 5.41 Å². The van der Waals surface area contributed by atoms with Crippen LogP contribution in [0.4, 0.5) is 0 Å². The van der Waals surface area contributed by atoms with Gasteiger partial charge in [-0.3, -0.25) is 9.59 Å². The number of esters is 1. The van der Waals surface area contributed by atoms with Crippen LogP contribution in [0.15, 0.2) is 0 Å². The Morgan fingerprint density at radius 2 is 1.85 bits per heavy atom. The van der Waals surface area contributed by atoms with E-state index in [2.05, 4.69) is 5.32 Å². The van der Waals surface area contributed by atoms with Gasteiger partial charge in [-0.25, -0.2) is 0 Å². The Kier molecular flexibility index (Phi) is 7.59. The molecule has 0 aliphatic heterocycles. The molecule has 1 saturated carbocycles. The summed E-state index contributed by atoms with van der Waals surface area (Å²) in [5, 5.41) is 2.94. The van der Waals surface area contributed by atoms with Crippen LogP contribution in [0.5, 0.6) is 0 Å². The van der Waals surface area contributed by atoms with Crippen LogP contribution in [0.2, 0.25) is 0 Å². The lowest BCUT2D eigenvalue weighted by Gasteiger charge is -2.29. The molecule has 0 radical (unpaired) electrons. The molecule has 0 bridgehead atoms. The molecule has 0 aromatic heterocycles. The Morgan fingerprint density at radius 1 is 1.20 bits per heavy atom. The largest absolute Gasteiger partial charge is 0.466 e. The third-order valence-corrected chi connectivity index (χ3v) is 4.08. The fraction of sp³-hybridized carbons (Fsp3) is 0.867. The quantitative estimate of drug-likeness (QED) is 0.424. The van der Waals surface area contributed by atoms with Crippen molar-refractivity contribution in [3.05, 3.63) is 0 Å². The van der Waals surface area contributed by atoms with E-state index in [1.807, 2.05) is 0 Å². The molecule has 0 aromatic rings.